The maximum Gasteiger partial charge on any atom is 0.275 e. The molecule has 1 saturated heterocycles. The van der Waals surface area contributed by atoms with E-state index in [1.165, 1.54) is 11.3 Å². The van der Waals surface area contributed by atoms with Gasteiger partial charge in [0.05, 0.1) is 22.8 Å². The summed E-state index contributed by atoms with van der Waals surface area (Å²) in [5.41, 5.74) is 4.89. The van der Waals surface area contributed by atoms with Crippen molar-refractivity contribution in [3.05, 3.63) is 81.8 Å². The molecule has 0 spiro atoms. The number of hydrogen-bond acceptors (Lipinski definition) is 3. The molecule has 2 heterocycles. The quantitative estimate of drug-likeness (QED) is 0.648. The van der Waals surface area contributed by atoms with Crippen LogP contribution in [0.25, 0.3) is 5.69 Å². The van der Waals surface area contributed by atoms with Crippen molar-refractivity contribution in [3.63, 3.8) is 0 Å². The highest BCUT2D eigenvalue weighted by atomic mass is 35.5. The summed E-state index contributed by atoms with van der Waals surface area (Å²) in [6.45, 7) is 7.93. The third-order valence-corrected chi connectivity index (χ3v) is 5.91. The van der Waals surface area contributed by atoms with Gasteiger partial charge < -0.3 is 4.90 Å². The molecule has 6 heteroatoms. The molecule has 0 aliphatic carbocycles. The van der Waals surface area contributed by atoms with Crippen molar-refractivity contribution in [1.29, 1.82) is 0 Å². The van der Waals surface area contributed by atoms with Crippen LogP contribution in [0.5, 0.6) is 0 Å². The van der Waals surface area contributed by atoms with Crippen LogP contribution < -0.4 is 10.5 Å². The zero-order chi connectivity index (χ0) is 20.4. The Bertz CT molecular complexity index is 1030. The largest absolute Gasteiger partial charge is 0.366 e. The number of benzene rings is 2. The first-order chi connectivity index (χ1) is 14.1. The molecule has 152 valence electrons. The van der Waals surface area contributed by atoms with Gasteiger partial charge in [-0.1, -0.05) is 30.3 Å². The average Bonchev–Trinajstić information content (AvgIpc) is 3.03. The maximum absolute atomic E-state index is 12.8. The number of halogens is 1. The van der Waals surface area contributed by atoms with E-state index in [0.29, 0.717) is 18.2 Å². The smallest absolute Gasteiger partial charge is 0.275 e. The van der Waals surface area contributed by atoms with E-state index in [2.05, 4.69) is 53.0 Å². The number of aromatic nitrogens is 2. The molecule has 1 unspecified atom stereocenters. The third kappa shape index (κ3) is 4.11. The van der Waals surface area contributed by atoms with E-state index in [-0.39, 0.29) is 11.4 Å². The summed E-state index contributed by atoms with van der Waals surface area (Å²) in [4.78, 5) is 17.7. The highest BCUT2D eigenvalue weighted by Crippen LogP contribution is 2.23. The molecule has 1 N–H and O–H groups in total. The van der Waals surface area contributed by atoms with Crippen molar-refractivity contribution < 1.29 is 0 Å². The molecule has 1 aromatic heterocycles. The second kappa shape index (κ2) is 8.47. The second-order valence-corrected chi connectivity index (χ2v) is 8.06. The maximum atomic E-state index is 12.8. The van der Waals surface area contributed by atoms with E-state index in [1.54, 1.807) is 4.68 Å². The number of aryl methyl sites for hydroxylation is 1. The summed E-state index contributed by atoms with van der Waals surface area (Å²) < 4.78 is 1.60. The first-order valence-electron chi connectivity index (χ1n) is 10.1. The fourth-order valence-corrected chi connectivity index (χ4v) is 4.41. The fraction of sp³-hybridized carbons (Fsp3) is 0.348. The zero-order valence-electron chi connectivity index (χ0n) is 16.9. The summed E-state index contributed by atoms with van der Waals surface area (Å²) in [7, 11) is 0. The molecule has 5 nitrogen and oxygen atoms in total. The number of H-pyrrole nitrogens is 1. The van der Waals surface area contributed by atoms with Gasteiger partial charge in [-0.15, -0.1) is 11.6 Å². The molecular formula is C23H27ClN4O. The number of piperazine rings is 1. The van der Waals surface area contributed by atoms with Crippen molar-refractivity contribution in [2.24, 2.45) is 0 Å². The first-order valence-corrected chi connectivity index (χ1v) is 10.6. The van der Waals surface area contributed by atoms with Gasteiger partial charge in [0.2, 0.25) is 0 Å². The summed E-state index contributed by atoms with van der Waals surface area (Å²) in [6.07, 6.45) is 0. The van der Waals surface area contributed by atoms with Crippen molar-refractivity contribution in [3.8, 4) is 5.69 Å². The number of nitrogens with zero attached hydrogens (tertiary/aromatic N) is 3. The Hall–Kier alpha value is -2.50. The third-order valence-electron chi connectivity index (χ3n) is 5.65. The Morgan fingerprint density at radius 2 is 1.83 bits per heavy atom. The minimum absolute atomic E-state index is 0.0624. The highest BCUT2D eigenvalue weighted by Gasteiger charge is 2.25. The number of hydrogen-bond donors (Lipinski definition) is 1. The van der Waals surface area contributed by atoms with E-state index in [1.807, 2.05) is 30.3 Å². The van der Waals surface area contributed by atoms with Crippen LogP contribution in [0.1, 0.15) is 23.7 Å². The lowest BCUT2D eigenvalue weighted by Crippen LogP contribution is -2.51. The number of aromatic amines is 1. The van der Waals surface area contributed by atoms with Crippen LogP contribution in [-0.4, -0.2) is 40.4 Å². The van der Waals surface area contributed by atoms with Crippen LogP contribution >= 0.6 is 11.6 Å². The summed E-state index contributed by atoms with van der Waals surface area (Å²) >= 11 is 6.14. The molecule has 1 atom stereocenters. The molecule has 0 saturated carbocycles. The Morgan fingerprint density at radius 3 is 2.52 bits per heavy atom. The van der Waals surface area contributed by atoms with Crippen LogP contribution in [0, 0.1) is 6.92 Å². The standard InChI is InChI=1S/C23H27ClN4O/c1-17-7-6-10-20(13-17)27-12-11-26(15-18(27)2)16-22-21(14-24)23(29)28(25-22)19-8-4-3-5-9-19/h3-10,13,18,25H,11-12,14-16H2,1-2H3. The van der Waals surface area contributed by atoms with Crippen molar-refractivity contribution in [2.45, 2.75) is 32.3 Å². The number of rotatable bonds is 5. The van der Waals surface area contributed by atoms with Gasteiger partial charge in [0.1, 0.15) is 0 Å². The second-order valence-electron chi connectivity index (χ2n) is 7.80. The SMILES string of the molecule is Cc1cccc(N2CCN(Cc3[nH]n(-c4ccccc4)c(=O)c3CCl)CC2C)c1. The lowest BCUT2D eigenvalue weighted by atomic mass is 10.1. The van der Waals surface area contributed by atoms with E-state index in [0.717, 1.165) is 31.0 Å². The molecule has 1 aliphatic heterocycles. The number of alkyl halides is 1. The monoisotopic (exact) mass is 410 g/mol. The van der Waals surface area contributed by atoms with Gasteiger partial charge in [-0.3, -0.25) is 14.8 Å². The van der Waals surface area contributed by atoms with E-state index >= 15 is 0 Å². The predicted molar refractivity (Wildman–Crippen MR) is 119 cm³/mol. The molecule has 0 amide bonds. The number of para-hydroxylation sites is 1. The minimum Gasteiger partial charge on any atom is -0.366 e. The zero-order valence-corrected chi connectivity index (χ0v) is 17.7. The van der Waals surface area contributed by atoms with Gasteiger partial charge in [-0.2, -0.15) is 0 Å². The van der Waals surface area contributed by atoms with E-state index in [4.69, 9.17) is 11.6 Å². The van der Waals surface area contributed by atoms with Gasteiger partial charge in [0.25, 0.3) is 5.56 Å². The Morgan fingerprint density at radius 1 is 1.07 bits per heavy atom. The van der Waals surface area contributed by atoms with Gasteiger partial charge in [0, 0.05) is 37.9 Å². The fourth-order valence-electron chi connectivity index (χ4n) is 4.14. The van der Waals surface area contributed by atoms with Crippen LogP contribution in [0.15, 0.2) is 59.4 Å². The van der Waals surface area contributed by atoms with Crippen molar-refractivity contribution in [1.82, 2.24) is 14.7 Å². The lowest BCUT2D eigenvalue weighted by molar-refractivity contribution is 0.218. The van der Waals surface area contributed by atoms with Gasteiger partial charge in [-0.05, 0) is 43.7 Å². The summed E-state index contributed by atoms with van der Waals surface area (Å²) in [6, 6.07) is 18.7. The molecule has 0 radical (unpaired) electrons. The van der Waals surface area contributed by atoms with Crippen LogP contribution in [0.2, 0.25) is 0 Å². The Labute approximate surface area is 176 Å². The average molecular weight is 411 g/mol. The van der Waals surface area contributed by atoms with Gasteiger partial charge in [0.15, 0.2) is 0 Å². The van der Waals surface area contributed by atoms with Gasteiger partial charge >= 0.3 is 0 Å². The molecule has 4 rings (SSSR count). The van der Waals surface area contributed by atoms with Crippen molar-refractivity contribution in [2.75, 3.05) is 24.5 Å². The highest BCUT2D eigenvalue weighted by molar-refractivity contribution is 6.17. The van der Waals surface area contributed by atoms with Crippen LogP contribution in [0.4, 0.5) is 5.69 Å². The molecule has 29 heavy (non-hydrogen) atoms. The van der Waals surface area contributed by atoms with Gasteiger partial charge in [-0.25, -0.2) is 4.68 Å². The lowest BCUT2D eigenvalue weighted by Gasteiger charge is -2.41. The van der Waals surface area contributed by atoms with E-state index in [9.17, 15) is 4.79 Å². The molecular weight excluding hydrogens is 384 g/mol. The first kappa shape index (κ1) is 19.8. The normalized spacial score (nSPS) is 17.6. The molecule has 2 aromatic carbocycles. The van der Waals surface area contributed by atoms with Crippen molar-refractivity contribution >= 4 is 17.3 Å². The number of anilines is 1. The molecule has 1 aliphatic rings. The summed E-state index contributed by atoms with van der Waals surface area (Å²) in [5, 5.41) is 3.29. The predicted octanol–water partition coefficient (Wildman–Crippen LogP) is 3.92. The van der Waals surface area contributed by atoms with E-state index < -0.39 is 0 Å². The molecule has 0 bridgehead atoms. The Kier molecular flexibility index (Phi) is 5.79. The summed E-state index contributed by atoms with van der Waals surface area (Å²) in [5.74, 6) is 0.212. The van der Waals surface area contributed by atoms with Crippen LogP contribution in [-0.2, 0) is 12.4 Å². The minimum atomic E-state index is -0.0624. The molecule has 1 fully saturated rings. The number of nitrogens with one attached hydrogen (secondary N) is 1. The molecule has 3 aromatic rings. The van der Waals surface area contributed by atoms with Crippen LogP contribution in [0.3, 0.4) is 0 Å². The topological polar surface area (TPSA) is 44.3 Å². The Balaban J connectivity index is 1.51.